The lowest BCUT2D eigenvalue weighted by atomic mass is 10.0. The molecule has 2 heterocycles. The van der Waals surface area contributed by atoms with Gasteiger partial charge in [0, 0.05) is 18.9 Å². The first-order chi connectivity index (χ1) is 11.7. The molecule has 1 aromatic heterocycles. The van der Waals surface area contributed by atoms with E-state index in [1.165, 1.54) is 7.11 Å². The summed E-state index contributed by atoms with van der Waals surface area (Å²) in [6.07, 6.45) is 0.420. The molecular formula is C17H26N2O6. The third kappa shape index (κ3) is 5.95. The lowest BCUT2D eigenvalue weighted by molar-refractivity contribution is -0.141. The van der Waals surface area contributed by atoms with Gasteiger partial charge in [0.15, 0.2) is 0 Å². The fourth-order valence-electron chi connectivity index (χ4n) is 2.39. The molecule has 1 amide bonds. The van der Waals surface area contributed by atoms with Crippen molar-refractivity contribution in [3.05, 3.63) is 11.8 Å². The highest BCUT2D eigenvalue weighted by Gasteiger charge is 2.35. The minimum absolute atomic E-state index is 0.0830. The summed E-state index contributed by atoms with van der Waals surface area (Å²) < 4.78 is 20.8. The number of hydrogen-bond acceptors (Lipinski definition) is 7. The molecule has 0 aromatic carbocycles. The average molecular weight is 354 g/mol. The number of amides is 1. The number of aromatic nitrogens is 1. The second-order valence-corrected chi connectivity index (χ2v) is 7.35. The summed E-state index contributed by atoms with van der Waals surface area (Å²) in [6, 6.07) is 1.71. The summed E-state index contributed by atoms with van der Waals surface area (Å²) in [4.78, 5) is 24.7. The van der Waals surface area contributed by atoms with Crippen LogP contribution in [-0.2, 0) is 20.7 Å². The Balaban J connectivity index is 1.74. The zero-order valence-electron chi connectivity index (χ0n) is 15.4. The number of hydrogen-bond donors (Lipinski definition) is 0. The summed E-state index contributed by atoms with van der Waals surface area (Å²) >= 11 is 0. The highest BCUT2D eigenvalue weighted by Crippen LogP contribution is 2.22. The molecule has 2 rings (SSSR count). The van der Waals surface area contributed by atoms with Gasteiger partial charge in [-0.3, -0.25) is 4.79 Å². The zero-order valence-corrected chi connectivity index (χ0v) is 15.4. The van der Waals surface area contributed by atoms with Crippen LogP contribution in [0.2, 0.25) is 0 Å². The largest absolute Gasteiger partial charge is 0.469 e. The van der Waals surface area contributed by atoms with Gasteiger partial charge in [-0.15, -0.1) is 0 Å². The van der Waals surface area contributed by atoms with Crippen LogP contribution < -0.4 is 4.74 Å². The predicted molar refractivity (Wildman–Crippen MR) is 88.2 cm³/mol. The summed E-state index contributed by atoms with van der Waals surface area (Å²) in [6.45, 7) is 8.33. The van der Waals surface area contributed by atoms with Gasteiger partial charge in [-0.2, -0.15) is 0 Å². The highest BCUT2D eigenvalue weighted by molar-refractivity contribution is 5.69. The summed E-state index contributed by atoms with van der Waals surface area (Å²) in [7, 11) is 1.37. The Kier molecular flexibility index (Phi) is 5.92. The molecule has 1 fully saturated rings. The van der Waals surface area contributed by atoms with Crippen LogP contribution in [0.25, 0.3) is 0 Å². The van der Waals surface area contributed by atoms with Crippen molar-refractivity contribution in [1.82, 2.24) is 10.1 Å². The Morgan fingerprint density at radius 1 is 1.40 bits per heavy atom. The summed E-state index contributed by atoms with van der Waals surface area (Å²) in [5.74, 6) is 0.864. The first-order valence-electron chi connectivity index (χ1n) is 8.33. The van der Waals surface area contributed by atoms with Crippen LogP contribution >= 0.6 is 0 Å². The van der Waals surface area contributed by atoms with Crippen LogP contribution in [-0.4, -0.2) is 54.0 Å². The average Bonchev–Trinajstić information content (AvgIpc) is 2.87. The SMILES string of the molecule is COC(=O)C[C@@H](C)Cc1cc(OC2CN(C(=O)OC(C)(C)C)C2)no1. The molecule has 0 unspecified atom stereocenters. The molecule has 0 aliphatic carbocycles. The van der Waals surface area contributed by atoms with E-state index in [0.29, 0.717) is 37.6 Å². The maximum absolute atomic E-state index is 11.9. The molecule has 1 aromatic rings. The van der Waals surface area contributed by atoms with Crippen molar-refractivity contribution in [2.45, 2.75) is 52.2 Å². The fourth-order valence-corrected chi connectivity index (χ4v) is 2.39. The number of nitrogens with zero attached hydrogens (tertiary/aromatic N) is 2. The number of esters is 1. The van der Waals surface area contributed by atoms with Crippen LogP contribution in [0.4, 0.5) is 4.79 Å². The Labute approximate surface area is 147 Å². The smallest absolute Gasteiger partial charge is 0.410 e. The van der Waals surface area contributed by atoms with Crippen molar-refractivity contribution < 1.29 is 28.3 Å². The monoisotopic (exact) mass is 354 g/mol. The quantitative estimate of drug-likeness (QED) is 0.724. The number of ether oxygens (including phenoxy) is 3. The van der Waals surface area contributed by atoms with Gasteiger partial charge in [0.25, 0.3) is 5.88 Å². The highest BCUT2D eigenvalue weighted by atomic mass is 16.6. The maximum Gasteiger partial charge on any atom is 0.410 e. The van der Waals surface area contributed by atoms with Crippen molar-refractivity contribution in [1.29, 1.82) is 0 Å². The molecule has 0 N–H and O–H groups in total. The molecule has 8 heteroatoms. The first-order valence-corrected chi connectivity index (χ1v) is 8.33. The van der Waals surface area contributed by atoms with Crippen molar-refractivity contribution in [2.24, 2.45) is 5.92 Å². The van der Waals surface area contributed by atoms with E-state index in [9.17, 15) is 9.59 Å². The number of carbonyl (C=O) groups excluding carboxylic acids is 2. The Morgan fingerprint density at radius 2 is 2.08 bits per heavy atom. The second kappa shape index (κ2) is 7.76. The van der Waals surface area contributed by atoms with E-state index in [1.807, 2.05) is 27.7 Å². The van der Waals surface area contributed by atoms with E-state index in [-0.39, 0.29) is 24.1 Å². The number of methoxy groups -OCH3 is 1. The molecule has 1 atom stereocenters. The third-order valence-corrected chi connectivity index (χ3v) is 3.62. The van der Waals surface area contributed by atoms with Gasteiger partial charge >= 0.3 is 12.1 Å². The van der Waals surface area contributed by atoms with E-state index in [2.05, 4.69) is 9.89 Å². The van der Waals surface area contributed by atoms with Gasteiger partial charge in [0.1, 0.15) is 17.5 Å². The molecule has 0 bridgehead atoms. The van der Waals surface area contributed by atoms with Gasteiger partial charge in [0.05, 0.1) is 20.2 Å². The van der Waals surface area contributed by atoms with Crippen molar-refractivity contribution >= 4 is 12.1 Å². The van der Waals surface area contributed by atoms with E-state index in [0.717, 1.165) is 0 Å². The lowest BCUT2D eigenvalue weighted by Gasteiger charge is -2.38. The minimum atomic E-state index is -0.509. The van der Waals surface area contributed by atoms with Crippen LogP contribution in [0.15, 0.2) is 10.6 Å². The molecule has 0 saturated carbocycles. The van der Waals surface area contributed by atoms with Crippen LogP contribution in [0.1, 0.15) is 39.9 Å². The van der Waals surface area contributed by atoms with Crippen molar-refractivity contribution in [2.75, 3.05) is 20.2 Å². The molecular weight excluding hydrogens is 328 g/mol. The number of carbonyl (C=O) groups is 2. The molecule has 25 heavy (non-hydrogen) atoms. The fraction of sp³-hybridized carbons (Fsp3) is 0.706. The van der Waals surface area contributed by atoms with Crippen LogP contribution in [0.3, 0.4) is 0 Å². The molecule has 140 valence electrons. The van der Waals surface area contributed by atoms with E-state index in [1.54, 1.807) is 11.0 Å². The Hall–Kier alpha value is -2.25. The zero-order chi connectivity index (χ0) is 18.6. The summed E-state index contributed by atoms with van der Waals surface area (Å²) in [5.41, 5.74) is -0.509. The molecule has 1 saturated heterocycles. The van der Waals surface area contributed by atoms with Crippen LogP contribution in [0.5, 0.6) is 5.88 Å². The topological polar surface area (TPSA) is 91.1 Å². The van der Waals surface area contributed by atoms with Gasteiger partial charge < -0.3 is 23.6 Å². The second-order valence-electron chi connectivity index (χ2n) is 7.35. The van der Waals surface area contributed by atoms with Crippen molar-refractivity contribution in [3.63, 3.8) is 0 Å². The van der Waals surface area contributed by atoms with Gasteiger partial charge in [-0.25, -0.2) is 4.79 Å². The minimum Gasteiger partial charge on any atom is -0.469 e. The maximum atomic E-state index is 11.9. The third-order valence-electron chi connectivity index (χ3n) is 3.62. The number of likely N-dealkylation sites (tertiary alicyclic amines) is 1. The van der Waals surface area contributed by atoms with Gasteiger partial charge in [-0.1, -0.05) is 6.92 Å². The normalized spacial score (nSPS) is 16.1. The molecule has 0 spiro atoms. The van der Waals surface area contributed by atoms with E-state index < -0.39 is 5.60 Å². The van der Waals surface area contributed by atoms with E-state index >= 15 is 0 Å². The predicted octanol–water partition coefficient (Wildman–Crippen LogP) is 2.41. The lowest BCUT2D eigenvalue weighted by Crippen LogP contribution is -2.57. The Morgan fingerprint density at radius 3 is 2.68 bits per heavy atom. The molecule has 1 aliphatic rings. The number of rotatable bonds is 6. The molecule has 8 nitrogen and oxygen atoms in total. The first kappa shape index (κ1) is 19.1. The standard InChI is InChI=1S/C17H26N2O6/c1-11(7-15(20)22-5)6-12-8-14(18-25-12)23-13-9-19(10-13)16(21)24-17(2,3)4/h8,11,13H,6-7,9-10H2,1-5H3/t11-/m0/s1. The molecule has 0 radical (unpaired) electrons. The Bertz CT molecular complexity index is 601. The van der Waals surface area contributed by atoms with Crippen molar-refractivity contribution in [3.8, 4) is 5.88 Å². The van der Waals surface area contributed by atoms with Gasteiger partial charge in [-0.05, 0) is 31.8 Å². The summed E-state index contributed by atoms with van der Waals surface area (Å²) in [5, 5.41) is 3.87. The molecule has 1 aliphatic heterocycles. The van der Waals surface area contributed by atoms with Crippen LogP contribution in [0, 0.1) is 5.92 Å². The van der Waals surface area contributed by atoms with Gasteiger partial charge in [0.2, 0.25) is 0 Å². The van der Waals surface area contributed by atoms with E-state index in [4.69, 9.17) is 14.0 Å².